The lowest BCUT2D eigenvalue weighted by Crippen LogP contribution is -1.97. The van der Waals surface area contributed by atoms with Crippen molar-refractivity contribution in [3.63, 3.8) is 0 Å². The lowest BCUT2D eigenvalue weighted by molar-refractivity contribution is 0.613. The fourth-order valence-electron chi connectivity index (χ4n) is 1.92. The summed E-state index contributed by atoms with van der Waals surface area (Å²) in [6.45, 7) is 0. The van der Waals surface area contributed by atoms with E-state index in [9.17, 15) is 0 Å². The molecule has 8 heteroatoms. The minimum absolute atomic E-state index is 0.326. The van der Waals surface area contributed by atoms with Gasteiger partial charge in [0.15, 0.2) is 10.7 Å². The molecule has 2 N–H and O–H groups in total. The maximum Gasteiger partial charge on any atom is 0.190 e. The normalized spacial score (nSPS) is 10.7. The van der Waals surface area contributed by atoms with Crippen molar-refractivity contribution in [2.24, 2.45) is 0 Å². The van der Waals surface area contributed by atoms with E-state index in [1.54, 1.807) is 6.20 Å². The van der Waals surface area contributed by atoms with Crippen molar-refractivity contribution in [1.29, 1.82) is 5.26 Å². The molecule has 0 amide bonds. The SMILES string of the molecule is N#Cc1coc2cnc(CCSc3nc(N)cc(Cl)n3)cc12. The van der Waals surface area contributed by atoms with Crippen molar-refractivity contribution in [1.82, 2.24) is 15.0 Å². The number of anilines is 1. The molecule has 0 atom stereocenters. The molecule has 0 spiro atoms. The number of aromatic nitrogens is 3. The van der Waals surface area contributed by atoms with Gasteiger partial charge in [0.05, 0.1) is 11.8 Å². The van der Waals surface area contributed by atoms with E-state index in [0.717, 1.165) is 16.8 Å². The maximum atomic E-state index is 9.02. The number of pyridine rings is 1. The molecule has 0 unspecified atom stereocenters. The van der Waals surface area contributed by atoms with Gasteiger partial charge in [0.25, 0.3) is 0 Å². The third-order valence-corrected chi connectivity index (χ3v) is 3.96. The van der Waals surface area contributed by atoms with Crippen LogP contribution in [-0.4, -0.2) is 20.7 Å². The van der Waals surface area contributed by atoms with Crippen LogP contribution in [-0.2, 0) is 6.42 Å². The highest BCUT2D eigenvalue weighted by molar-refractivity contribution is 7.99. The standard InChI is InChI=1S/C14H10ClN5OS/c15-12-4-13(17)20-14(19-12)22-2-1-9-3-10-8(5-16)7-21-11(10)6-18-9/h3-4,6-7H,1-2H2,(H2,17,19,20). The zero-order chi connectivity index (χ0) is 15.5. The van der Waals surface area contributed by atoms with Gasteiger partial charge in [-0.1, -0.05) is 23.4 Å². The van der Waals surface area contributed by atoms with E-state index in [1.165, 1.54) is 24.1 Å². The van der Waals surface area contributed by atoms with Gasteiger partial charge in [0.2, 0.25) is 0 Å². The molecule has 0 aliphatic rings. The van der Waals surface area contributed by atoms with E-state index in [0.29, 0.717) is 33.7 Å². The molecule has 0 aromatic carbocycles. The first-order chi connectivity index (χ1) is 10.7. The van der Waals surface area contributed by atoms with Gasteiger partial charge >= 0.3 is 0 Å². The predicted octanol–water partition coefficient (Wildman–Crippen LogP) is 3.06. The van der Waals surface area contributed by atoms with Crippen LogP contribution < -0.4 is 5.73 Å². The molecule has 0 bridgehead atoms. The van der Waals surface area contributed by atoms with Gasteiger partial charge in [0.1, 0.15) is 23.3 Å². The molecule has 0 saturated heterocycles. The molecule has 3 aromatic rings. The van der Waals surface area contributed by atoms with Crippen LogP contribution in [0.2, 0.25) is 5.15 Å². The minimum Gasteiger partial charge on any atom is -0.461 e. The number of hydrogen-bond donors (Lipinski definition) is 1. The average Bonchev–Trinajstić information content (AvgIpc) is 2.88. The zero-order valence-corrected chi connectivity index (χ0v) is 12.9. The fourth-order valence-corrected chi connectivity index (χ4v) is 2.99. The van der Waals surface area contributed by atoms with Gasteiger partial charge in [-0.3, -0.25) is 4.98 Å². The Kier molecular flexibility index (Phi) is 4.13. The monoisotopic (exact) mass is 331 g/mol. The second-order valence-corrected chi connectivity index (χ2v) is 5.88. The van der Waals surface area contributed by atoms with Crippen LogP contribution in [0.5, 0.6) is 0 Å². The number of rotatable bonds is 4. The van der Waals surface area contributed by atoms with Gasteiger partial charge in [-0.15, -0.1) is 0 Å². The first-order valence-corrected chi connectivity index (χ1v) is 7.71. The minimum atomic E-state index is 0.326. The Morgan fingerprint density at radius 2 is 2.23 bits per heavy atom. The van der Waals surface area contributed by atoms with Crippen LogP contribution in [0, 0.1) is 11.3 Å². The van der Waals surface area contributed by atoms with Crippen LogP contribution in [0.25, 0.3) is 11.0 Å². The Balaban J connectivity index is 1.70. The average molecular weight is 332 g/mol. The molecular weight excluding hydrogens is 322 g/mol. The van der Waals surface area contributed by atoms with Crippen LogP contribution >= 0.6 is 23.4 Å². The van der Waals surface area contributed by atoms with Crippen molar-refractivity contribution < 1.29 is 4.42 Å². The molecule has 6 nitrogen and oxygen atoms in total. The second kappa shape index (κ2) is 6.22. The van der Waals surface area contributed by atoms with Crippen LogP contribution in [0.4, 0.5) is 5.82 Å². The Morgan fingerprint density at radius 1 is 1.36 bits per heavy atom. The highest BCUT2D eigenvalue weighted by Crippen LogP contribution is 2.22. The van der Waals surface area contributed by atoms with Gasteiger partial charge < -0.3 is 10.2 Å². The first kappa shape index (κ1) is 14.6. The van der Waals surface area contributed by atoms with E-state index >= 15 is 0 Å². The van der Waals surface area contributed by atoms with E-state index < -0.39 is 0 Å². The third-order valence-electron chi connectivity index (χ3n) is 2.92. The summed E-state index contributed by atoms with van der Waals surface area (Å²) in [5, 5.41) is 10.7. The summed E-state index contributed by atoms with van der Waals surface area (Å²) in [6.07, 6.45) is 3.77. The lowest BCUT2D eigenvalue weighted by atomic mass is 10.2. The zero-order valence-electron chi connectivity index (χ0n) is 11.3. The van der Waals surface area contributed by atoms with E-state index in [4.69, 9.17) is 27.0 Å². The summed E-state index contributed by atoms with van der Waals surface area (Å²) in [4.78, 5) is 12.5. The van der Waals surface area contributed by atoms with Crippen molar-refractivity contribution in [3.8, 4) is 6.07 Å². The summed E-state index contributed by atoms with van der Waals surface area (Å²) in [6, 6.07) is 5.47. The molecule has 3 heterocycles. The van der Waals surface area contributed by atoms with Gasteiger partial charge in [-0.05, 0) is 12.5 Å². The molecule has 0 saturated carbocycles. The fraction of sp³-hybridized carbons (Fsp3) is 0.143. The molecule has 0 fully saturated rings. The summed E-state index contributed by atoms with van der Waals surface area (Å²) in [5.74, 6) is 1.07. The second-order valence-electron chi connectivity index (χ2n) is 4.43. The highest BCUT2D eigenvalue weighted by atomic mass is 35.5. The highest BCUT2D eigenvalue weighted by Gasteiger charge is 2.08. The number of thioether (sulfide) groups is 1. The van der Waals surface area contributed by atoms with Crippen molar-refractivity contribution in [3.05, 3.63) is 41.0 Å². The number of nitrogen functional groups attached to an aromatic ring is 1. The Bertz CT molecular complexity index is 853. The summed E-state index contributed by atoms with van der Waals surface area (Å²) in [5.41, 5.74) is 7.61. The van der Waals surface area contributed by atoms with Crippen molar-refractivity contribution in [2.75, 3.05) is 11.5 Å². The molecule has 0 aliphatic carbocycles. The van der Waals surface area contributed by atoms with Crippen molar-refractivity contribution in [2.45, 2.75) is 11.6 Å². The van der Waals surface area contributed by atoms with E-state index in [-0.39, 0.29) is 0 Å². The van der Waals surface area contributed by atoms with Gasteiger partial charge in [-0.2, -0.15) is 5.26 Å². The van der Waals surface area contributed by atoms with Crippen LogP contribution in [0.15, 0.2) is 34.2 Å². The molecular formula is C14H10ClN5OS. The van der Waals surface area contributed by atoms with E-state index in [1.807, 2.05) is 6.07 Å². The van der Waals surface area contributed by atoms with E-state index in [2.05, 4.69) is 21.0 Å². The first-order valence-electron chi connectivity index (χ1n) is 6.35. The number of hydrogen-bond acceptors (Lipinski definition) is 7. The quantitative estimate of drug-likeness (QED) is 0.445. The Morgan fingerprint density at radius 3 is 3.00 bits per heavy atom. The Labute approximate surface area is 135 Å². The molecule has 0 aliphatic heterocycles. The number of nitriles is 1. The summed E-state index contributed by atoms with van der Waals surface area (Å²) < 4.78 is 5.26. The maximum absolute atomic E-state index is 9.02. The van der Waals surface area contributed by atoms with Crippen LogP contribution in [0.1, 0.15) is 11.3 Å². The van der Waals surface area contributed by atoms with Crippen LogP contribution in [0.3, 0.4) is 0 Å². The lowest BCUT2D eigenvalue weighted by Gasteiger charge is -2.02. The van der Waals surface area contributed by atoms with Gasteiger partial charge in [0, 0.05) is 22.9 Å². The largest absolute Gasteiger partial charge is 0.461 e. The summed E-state index contributed by atoms with van der Waals surface area (Å²) in [7, 11) is 0. The smallest absolute Gasteiger partial charge is 0.190 e. The molecule has 22 heavy (non-hydrogen) atoms. The van der Waals surface area contributed by atoms with Gasteiger partial charge in [-0.25, -0.2) is 9.97 Å². The molecule has 0 radical (unpaired) electrons. The summed E-state index contributed by atoms with van der Waals surface area (Å²) >= 11 is 7.28. The Hall–Kier alpha value is -2.30. The third kappa shape index (κ3) is 3.13. The van der Waals surface area contributed by atoms with Crippen molar-refractivity contribution >= 4 is 40.1 Å². The number of nitrogens with two attached hydrogens (primary N) is 1. The predicted molar refractivity (Wildman–Crippen MR) is 84.6 cm³/mol. The number of halogens is 1. The molecule has 110 valence electrons. The number of fused-ring (bicyclic) bond motifs is 1. The molecule has 3 aromatic heterocycles. The number of furan rings is 1. The topological polar surface area (TPSA) is 102 Å². The number of aryl methyl sites for hydroxylation is 1. The number of nitrogens with zero attached hydrogens (tertiary/aromatic N) is 4. The molecule has 3 rings (SSSR count).